The molecule has 4 rings (SSSR count). The van der Waals surface area contributed by atoms with Crippen LogP contribution in [0.4, 0.5) is 24.5 Å². The summed E-state index contributed by atoms with van der Waals surface area (Å²) in [6, 6.07) is 5.58. The van der Waals surface area contributed by atoms with Crippen LogP contribution >= 0.6 is 22.9 Å². The van der Waals surface area contributed by atoms with Gasteiger partial charge in [0.15, 0.2) is 0 Å². The molecule has 2 aromatic rings. The predicted molar refractivity (Wildman–Crippen MR) is 134 cm³/mol. The average Bonchev–Trinajstić information content (AvgIpc) is 3.55. The highest BCUT2D eigenvalue weighted by atomic mass is 35.5. The van der Waals surface area contributed by atoms with Crippen LogP contribution in [0.5, 0.6) is 0 Å². The van der Waals surface area contributed by atoms with Crippen LogP contribution in [0.25, 0.3) is 0 Å². The van der Waals surface area contributed by atoms with E-state index in [1.54, 1.807) is 24.1 Å². The van der Waals surface area contributed by atoms with Crippen LogP contribution in [0.2, 0.25) is 4.34 Å². The molecule has 13 heteroatoms. The van der Waals surface area contributed by atoms with E-state index in [4.69, 9.17) is 16.3 Å². The molecular formula is C24H26ClF3N4O4S. The van der Waals surface area contributed by atoms with Crippen molar-refractivity contribution in [1.29, 1.82) is 0 Å². The van der Waals surface area contributed by atoms with Gasteiger partial charge in [-0.2, -0.15) is 13.2 Å². The summed E-state index contributed by atoms with van der Waals surface area (Å²) in [5, 5.41) is 5.09. The summed E-state index contributed by atoms with van der Waals surface area (Å²) < 4.78 is 47.4. The van der Waals surface area contributed by atoms with E-state index in [1.165, 1.54) is 11.0 Å². The van der Waals surface area contributed by atoms with Crippen LogP contribution in [0.3, 0.4) is 0 Å². The molecule has 0 radical (unpaired) electrons. The molecule has 2 aliphatic rings. The van der Waals surface area contributed by atoms with Gasteiger partial charge in [0.05, 0.1) is 27.1 Å². The van der Waals surface area contributed by atoms with E-state index in [0.29, 0.717) is 21.7 Å². The lowest BCUT2D eigenvalue weighted by Crippen LogP contribution is -2.50. The number of benzene rings is 1. The topological polar surface area (TPSA) is 91.0 Å². The number of nitrogens with zero attached hydrogens (tertiary/aromatic N) is 2. The van der Waals surface area contributed by atoms with Gasteiger partial charge in [-0.1, -0.05) is 11.6 Å². The molecule has 0 unspecified atom stereocenters. The Bertz CT molecular complexity index is 1170. The molecule has 1 aromatic heterocycles. The molecule has 0 bridgehead atoms. The van der Waals surface area contributed by atoms with E-state index in [2.05, 4.69) is 10.6 Å². The summed E-state index contributed by atoms with van der Waals surface area (Å²) >= 11 is 6.97. The molecule has 1 aromatic carbocycles. The van der Waals surface area contributed by atoms with Crippen LogP contribution in [-0.2, 0) is 20.5 Å². The molecule has 0 spiro atoms. The van der Waals surface area contributed by atoms with Crippen LogP contribution < -0.4 is 15.5 Å². The first kappa shape index (κ1) is 27.4. The van der Waals surface area contributed by atoms with Gasteiger partial charge in [0.2, 0.25) is 5.91 Å². The molecule has 2 heterocycles. The third-order valence-electron chi connectivity index (χ3n) is 6.19. The van der Waals surface area contributed by atoms with E-state index >= 15 is 0 Å². The number of carbonyl (C=O) groups excluding carboxylic acids is 3. The van der Waals surface area contributed by atoms with Crippen molar-refractivity contribution in [3.63, 3.8) is 0 Å². The van der Waals surface area contributed by atoms with Crippen LogP contribution in [-0.4, -0.2) is 68.6 Å². The van der Waals surface area contributed by atoms with Crippen molar-refractivity contribution in [2.24, 2.45) is 5.92 Å². The first-order valence-electron chi connectivity index (χ1n) is 11.7. The monoisotopic (exact) mass is 558 g/mol. The molecule has 200 valence electrons. The van der Waals surface area contributed by atoms with E-state index in [-0.39, 0.29) is 32.0 Å². The number of hydrogen-bond acceptors (Lipinski definition) is 6. The van der Waals surface area contributed by atoms with Crippen molar-refractivity contribution < 1.29 is 32.3 Å². The highest BCUT2D eigenvalue weighted by Gasteiger charge is 2.37. The van der Waals surface area contributed by atoms with Gasteiger partial charge in [0, 0.05) is 25.3 Å². The number of alkyl halides is 3. The van der Waals surface area contributed by atoms with Crippen molar-refractivity contribution in [2.45, 2.75) is 25.1 Å². The highest BCUT2D eigenvalue weighted by molar-refractivity contribution is 7.18. The quantitative estimate of drug-likeness (QED) is 0.488. The Morgan fingerprint density at radius 1 is 1.27 bits per heavy atom. The normalized spacial score (nSPS) is 17.1. The maximum Gasteiger partial charge on any atom is 0.418 e. The summed E-state index contributed by atoms with van der Waals surface area (Å²) in [4.78, 5) is 41.2. The fourth-order valence-electron chi connectivity index (χ4n) is 4.05. The number of ether oxygens (including phenoxy) is 1. The third kappa shape index (κ3) is 7.01. The molecular weight excluding hydrogens is 533 g/mol. The van der Waals surface area contributed by atoms with Crippen molar-refractivity contribution in [3.05, 3.63) is 45.1 Å². The van der Waals surface area contributed by atoms with Gasteiger partial charge in [-0.25, -0.2) is 0 Å². The Morgan fingerprint density at radius 2 is 2.03 bits per heavy atom. The zero-order chi connectivity index (χ0) is 26.7. The molecule has 3 amide bonds. The number of rotatable bonds is 9. The maximum absolute atomic E-state index is 14.0. The number of hydrogen-bond donors (Lipinski definition) is 2. The second-order valence-corrected chi connectivity index (χ2v) is 10.7. The Hall–Kier alpha value is -2.67. The Kier molecular flexibility index (Phi) is 8.42. The Labute approximate surface area is 220 Å². The summed E-state index contributed by atoms with van der Waals surface area (Å²) in [6.07, 6.45) is -2.76. The summed E-state index contributed by atoms with van der Waals surface area (Å²) in [5.74, 6) is -1.15. The number of morpholine rings is 1. The SMILES string of the molecule is CN(CC1CC1)[C@@H](CNC(=O)c1ccc(Cl)s1)C(=O)Nc1ccc(N2CCOCC2=O)cc1C(F)(F)F. The zero-order valence-electron chi connectivity index (χ0n) is 19.9. The lowest BCUT2D eigenvalue weighted by atomic mass is 10.1. The molecule has 1 atom stereocenters. The molecule has 1 saturated carbocycles. The third-order valence-corrected chi connectivity index (χ3v) is 7.42. The van der Waals surface area contributed by atoms with E-state index in [9.17, 15) is 27.6 Å². The summed E-state index contributed by atoms with van der Waals surface area (Å²) in [7, 11) is 1.70. The van der Waals surface area contributed by atoms with Gasteiger partial charge in [0.25, 0.3) is 11.8 Å². The van der Waals surface area contributed by atoms with Gasteiger partial charge >= 0.3 is 6.18 Å². The minimum Gasteiger partial charge on any atom is -0.370 e. The minimum atomic E-state index is -4.78. The molecule has 1 aliphatic carbocycles. The van der Waals surface area contributed by atoms with Gasteiger partial charge in [0.1, 0.15) is 12.6 Å². The standard InChI is InChI=1S/C24H26ClF3N4O4S/c1-31(12-14-2-3-14)18(11-29-23(35)19-6-7-20(25)37-19)22(34)30-17-5-4-15(10-16(17)24(26,27)28)32-8-9-36-13-21(32)33/h4-7,10,14,18H,2-3,8-9,11-13H2,1H3,(H,29,35)(H,30,34)/t18-/m0/s1. The number of nitrogens with one attached hydrogen (secondary N) is 2. The number of anilines is 2. The van der Waals surface area contributed by atoms with Crippen LogP contribution in [0, 0.1) is 5.92 Å². The maximum atomic E-state index is 14.0. The summed E-state index contributed by atoms with van der Waals surface area (Å²) in [6.45, 7) is 0.599. The fraction of sp³-hybridized carbons (Fsp3) is 0.458. The van der Waals surface area contributed by atoms with E-state index in [0.717, 1.165) is 36.3 Å². The molecule has 37 heavy (non-hydrogen) atoms. The van der Waals surface area contributed by atoms with Gasteiger partial charge < -0.3 is 20.3 Å². The Balaban J connectivity index is 1.53. The van der Waals surface area contributed by atoms with Crippen LogP contribution in [0.1, 0.15) is 28.1 Å². The molecule has 2 N–H and O–H groups in total. The first-order valence-corrected chi connectivity index (χ1v) is 12.9. The second-order valence-electron chi connectivity index (χ2n) is 9.03. The van der Waals surface area contributed by atoms with E-state index in [1.807, 2.05) is 0 Å². The van der Waals surface area contributed by atoms with Gasteiger partial charge in [-0.3, -0.25) is 19.3 Å². The lowest BCUT2D eigenvalue weighted by molar-refractivity contribution is -0.137. The zero-order valence-corrected chi connectivity index (χ0v) is 21.5. The van der Waals surface area contributed by atoms with Crippen LogP contribution in [0.15, 0.2) is 30.3 Å². The highest BCUT2D eigenvalue weighted by Crippen LogP contribution is 2.38. The smallest absolute Gasteiger partial charge is 0.370 e. The lowest BCUT2D eigenvalue weighted by Gasteiger charge is -2.29. The summed E-state index contributed by atoms with van der Waals surface area (Å²) in [5.41, 5.74) is -1.43. The molecule has 8 nitrogen and oxygen atoms in total. The van der Waals surface area contributed by atoms with E-state index < -0.39 is 41.2 Å². The molecule has 1 saturated heterocycles. The molecule has 2 fully saturated rings. The molecule has 1 aliphatic heterocycles. The predicted octanol–water partition coefficient (Wildman–Crippen LogP) is 3.86. The second kappa shape index (κ2) is 11.4. The van der Waals surface area contributed by atoms with Gasteiger partial charge in [-0.15, -0.1) is 11.3 Å². The average molecular weight is 559 g/mol. The Morgan fingerprint density at radius 3 is 2.65 bits per heavy atom. The van der Waals surface area contributed by atoms with Crippen molar-refractivity contribution in [2.75, 3.05) is 50.1 Å². The van der Waals surface area contributed by atoms with Crippen molar-refractivity contribution in [3.8, 4) is 0 Å². The minimum absolute atomic E-state index is 0.0721. The number of halogens is 4. The van der Waals surface area contributed by atoms with Gasteiger partial charge in [-0.05, 0) is 56.1 Å². The number of likely N-dealkylation sites (N-methyl/N-ethyl adjacent to an activating group) is 1. The fourth-order valence-corrected chi connectivity index (χ4v) is 5.01. The number of amides is 3. The van der Waals surface area contributed by atoms with Crippen molar-refractivity contribution in [1.82, 2.24) is 10.2 Å². The largest absolute Gasteiger partial charge is 0.418 e. The number of thiophene rings is 1. The first-order chi connectivity index (χ1) is 17.5. The van der Waals surface area contributed by atoms with Crippen molar-refractivity contribution >= 4 is 52.0 Å². The number of carbonyl (C=O) groups is 3.